The Labute approximate surface area is 177 Å². The van der Waals surface area contributed by atoms with Crippen molar-refractivity contribution in [3.8, 4) is 0 Å². The standard InChI is InChI=1S/C21H29N3O5S/c1-20(2)15-10-11-21(20,3)17(12-15)22-23-18(25)13-24(30(5,27)28)16-8-6-14(7-9-16)19(26)29-4/h6-9,15H,10-13H2,1-5H3,(H,23,25)/b22-17+. The van der Waals surface area contributed by atoms with Crippen molar-refractivity contribution in [1.29, 1.82) is 0 Å². The fourth-order valence-corrected chi connectivity index (χ4v) is 5.53. The maximum Gasteiger partial charge on any atom is 0.337 e. The van der Waals surface area contributed by atoms with Crippen molar-refractivity contribution in [2.24, 2.45) is 21.8 Å². The molecule has 2 aliphatic rings. The van der Waals surface area contributed by atoms with E-state index >= 15 is 0 Å². The highest BCUT2D eigenvalue weighted by atomic mass is 32.2. The van der Waals surface area contributed by atoms with Crippen molar-refractivity contribution in [3.63, 3.8) is 0 Å². The van der Waals surface area contributed by atoms with E-state index in [9.17, 15) is 18.0 Å². The van der Waals surface area contributed by atoms with Crippen LogP contribution in [-0.2, 0) is 19.6 Å². The van der Waals surface area contributed by atoms with Crippen LogP contribution >= 0.6 is 0 Å². The second kappa shape index (κ2) is 7.68. The van der Waals surface area contributed by atoms with Crippen molar-refractivity contribution >= 4 is 33.3 Å². The van der Waals surface area contributed by atoms with Gasteiger partial charge < -0.3 is 4.74 Å². The summed E-state index contributed by atoms with van der Waals surface area (Å²) >= 11 is 0. The van der Waals surface area contributed by atoms with Crippen molar-refractivity contribution < 1.29 is 22.7 Å². The zero-order valence-corrected chi connectivity index (χ0v) is 18.9. The SMILES string of the molecule is COC(=O)c1ccc(N(CC(=O)N/N=C2\CC3CCC2(C)C3(C)C)S(C)(=O)=O)cc1. The van der Waals surface area contributed by atoms with E-state index in [0.29, 0.717) is 5.92 Å². The number of carbonyl (C=O) groups excluding carboxylic acids is 2. The number of nitrogens with zero attached hydrogens (tertiary/aromatic N) is 2. The molecule has 0 aliphatic heterocycles. The summed E-state index contributed by atoms with van der Waals surface area (Å²) in [6.07, 6.45) is 4.09. The van der Waals surface area contributed by atoms with Gasteiger partial charge in [-0.05, 0) is 54.9 Å². The first-order chi connectivity index (χ1) is 13.9. The number of sulfonamides is 1. The molecule has 2 fully saturated rings. The Morgan fingerprint density at radius 2 is 1.87 bits per heavy atom. The van der Waals surface area contributed by atoms with Crippen LogP contribution in [0.5, 0.6) is 0 Å². The van der Waals surface area contributed by atoms with E-state index in [2.05, 4.69) is 36.0 Å². The summed E-state index contributed by atoms with van der Waals surface area (Å²) in [6.45, 7) is 6.28. The van der Waals surface area contributed by atoms with Crippen LogP contribution in [0.15, 0.2) is 29.4 Å². The fourth-order valence-electron chi connectivity index (χ4n) is 4.67. The molecular formula is C21H29N3O5S. The molecule has 0 radical (unpaired) electrons. The Balaban J connectivity index is 1.74. The second-order valence-corrected chi connectivity index (χ2v) is 10.8. The van der Waals surface area contributed by atoms with E-state index in [1.807, 2.05) is 0 Å². The minimum absolute atomic E-state index is 0.0504. The normalized spacial score (nSPS) is 25.9. The molecule has 2 atom stereocenters. The number of hydrazone groups is 1. The highest BCUT2D eigenvalue weighted by molar-refractivity contribution is 7.92. The van der Waals surface area contributed by atoms with Crippen molar-refractivity contribution in [1.82, 2.24) is 5.43 Å². The average Bonchev–Trinajstić information content (AvgIpc) is 3.02. The molecule has 9 heteroatoms. The van der Waals surface area contributed by atoms with Gasteiger partial charge in [0.1, 0.15) is 6.54 Å². The number of amides is 1. The number of rotatable bonds is 6. The van der Waals surface area contributed by atoms with E-state index in [4.69, 9.17) is 0 Å². The fraction of sp³-hybridized carbons (Fsp3) is 0.571. The molecule has 0 saturated heterocycles. The maximum atomic E-state index is 12.5. The highest BCUT2D eigenvalue weighted by Crippen LogP contribution is 2.63. The number of esters is 1. The smallest absolute Gasteiger partial charge is 0.337 e. The van der Waals surface area contributed by atoms with Crippen LogP contribution in [-0.4, -0.2) is 45.9 Å². The van der Waals surface area contributed by atoms with Crippen LogP contribution < -0.4 is 9.73 Å². The van der Waals surface area contributed by atoms with Gasteiger partial charge in [0.15, 0.2) is 0 Å². The number of anilines is 1. The van der Waals surface area contributed by atoms with Crippen LogP contribution in [0.25, 0.3) is 0 Å². The number of carbonyl (C=O) groups is 2. The van der Waals surface area contributed by atoms with Crippen LogP contribution in [0.4, 0.5) is 5.69 Å². The molecule has 164 valence electrons. The summed E-state index contributed by atoms with van der Waals surface area (Å²) in [5.41, 5.74) is 4.18. The van der Waals surface area contributed by atoms with Crippen molar-refractivity contribution in [2.45, 2.75) is 40.0 Å². The van der Waals surface area contributed by atoms with Crippen LogP contribution in [0.2, 0.25) is 0 Å². The molecule has 2 aliphatic carbocycles. The summed E-state index contributed by atoms with van der Waals surface area (Å²) in [5, 5.41) is 4.38. The van der Waals surface area contributed by atoms with Gasteiger partial charge in [0.2, 0.25) is 10.0 Å². The minimum atomic E-state index is -3.72. The molecule has 1 aromatic carbocycles. The number of nitrogens with one attached hydrogen (secondary N) is 1. The molecule has 1 aromatic rings. The van der Waals surface area contributed by atoms with E-state index in [1.54, 1.807) is 0 Å². The lowest BCUT2D eigenvalue weighted by Crippen LogP contribution is -2.40. The molecule has 0 aromatic heterocycles. The summed E-state index contributed by atoms with van der Waals surface area (Å²) < 4.78 is 30.1. The lowest BCUT2D eigenvalue weighted by Gasteiger charge is -2.34. The Hall–Kier alpha value is -2.42. The number of ether oxygens (including phenoxy) is 1. The maximum absolute atomic E-state index is 12.5. The van der Waals surface area contributed by atoms with Crippen LogP contribution in [0.1, 0.15) is 50.4 Å². The van der Waals surface area contributed by atoms with E-state index in [1.165, 1.54) is 37.8 Å². The molecule has 2 saturated carbocycles. The van der Waals surface area contributed by atoms with E-state index in [0.717, 1.165) is 29.1 Å². The van der Waals surface area contributed by atoms with Gasteiger partial charge >= 0.3 is 5.97 Å². The third kappa shape index (κ3) is 3.82. The van der Waals surface area contributed by atoms with Gasteiger partial charge in [-0.3, -0.25) is 9.10 Å². The van der Waals surface area contributed by atoms with Gasteiger partial charge in [-0.2, -0.15) is 5.10 Å². The predicted molar refractivity (Wildman–Crippen MR) is 115 cm³/mol. The first-order valence-electron chi connectivity index (χ1n) is 9.92. The third-order valence-electron chi connectivity index (χ3n) is 7.09. The first-order valence-corrected chi connectivity index (χ1v) is 11.8. The van der Waals surface area contributed by atoms with Crippen molar-refractivity contribution in [2.75, 3.05) is 24.2 Å². The molecule has 30 heavy (non-hydrogen) atoms. The minimum Gasteiger partial charge on any atom is -0.465 e. The van der Waals surface area contributed by atoms with Gasteiger partial charge in [-0.25, -0.2) is 18.6 Å². The molecule has 0 heterocycles. The Morgan fingerprint density at radius 3 is 2.33 bits per heavy atom. The summed E-state index contributed by atoms with van der Waals surface area (Å²) in [7, 11) is -2.45. The third-order valence-corrected chi connectivity index (χ3v) is 8.23. The predicted octanol–water partition coefficient (Wildman–Crippen LogP) is 2.56. The van der Waals surface area contributed by atoms with Crippen LogP contribution in [0, 0.1) is 16.7 Å². The van der Waals surface area contributed by atoms with Gasteiger partial charge in [0, 0.05) is 11.1 Å². The largest absolute Gasteiger partial charge is 0.465 e. The van der Waals surface area contributed by atoms with Gasteiger partial charge in [-0.15, -0.1) is 0 Å². The second-order valence-electron chi connectivity index (χ2n) is 8.90. The summed E-state index contributed by atoms with van der Waals surface area (Å²) in [4.78, 5) is 24.1. The number of benzene rings is 1. The Bertz CT molecular complexity index is 984. The lowest BCUT2D eigenvalue weighted by molar-refractivity contribution is -0.119. The van der Waals surface area contributed by atoms with E-state index < -0.39 is 28.4 Å². The molecule has 0 spiro atoms. The lowest BCUT2D eigenvalue weighted by atomic mass is 9.70. The number of hydrogen-bond acceptors (Lipinski definition) is 6. The number of methoxy groups -OCH3 is 1. The quantitative estimate of drug-likeness (QED) is 0.546. The average molecular weight is 436 g/mol. The molecular weight excluding hydrogens is 406 g/mol. The molecule has 2 bridgehead atoms. The van der Waals surface area contributed by atoms with E-state index in [-0.39, 0.29) is 22.1 Å². The van der Waals surface area contributed by atoms with Crippen LogP contribution in [0.3, 0.4) is 0 Å². The zero-order valence-electron chi connectivity index (χ0n) is 18.1. The molecule has 2 unspecified atom stereocenters. The molecule has 1 N–H and O–H groups in total. The Kier molecular flexibility index (Phi) is 5.70. The summed E-state index contributed by atoms with van der Waals surface area (Å²) in [6, 6.07) is 5.84. The van der Waals surface area contributed by atoms with Gasteiger partial charge in [-0.1, -0.05) is 20.8 Å². The van der Waals surface area contributed by atoms with Crippen molar-refractivity contribution in [3.05, 3.63) is 29.8 Å². The zero-order chi connectivity index (χ0) is 22.3. The number of hydrogen-bond donors (Lipinski definition) is 1. The van der Waals surface area contributed by atoms with Gasteiger partial charge in [0.25, 0.3) is 5.91 Å². The Morgan fingerprint density at radius 1 is 1.23 bits per heavy atom. The first kappa shape index (κ1) is 22.3. The topological polar surface area (TPSA) is 105 Å². The summed E-state index contributed by atoms with van der Waals surface area (Å²) in [5.74, 6) is -0.489. The molecule has 3 rings (SSSR count). The molecule has 1 amide bonds. The monoisotopic (exact) mass is 435 g/mol. The number of fused-ring (bicyclic) bond motifs is 2. The van der Waals surface area contributed by atoms with Gasteiger partial charge in [0.05, 0.1) is 24.6 Å². The molecule has 8 nitrogen and oxygen atoms in total. The highest BCUT2D eigenvalue weighted by Gasteiger charge is 2.60.